The number of rotatable bonds is 5. The Kier molecular flexibility index (Phi) is 4.62. The molecule has 1 atom stereocenters. The van der Waals surface area contributed by atoms with E-state index in [1.807, 2.05) is 13.8 Å². The predicted octanol–water partition coefficient (Wildman–Crippen LogP) is 1.98. The van der Waals surface area contributed by atoms with E-state index in [2.05, 4.69) is 11.4 Å². The van der Waals surface area contributed by atoms with Gasteiger partial charge in [-0.15, -0.1) is 0 Å². The maximum Gasteiger partial charge on any atom is 0.0992 e. The molecule has 0 saturated carbocycles. The molecular formula is C12H17N3O. The van der Waals surface area contributed by atoms with E-state index >= 15 is 0 Å². The molecule has 0 saturated heterocycles. The van der Waals surface area contributed by atoms with Gasteiger partial charge in [-0.2, -0.15) is 5.26 Å². The van der Waals surface area contributed by atoms with Crippen molar-refractivity contribution >= 4 is 11.4 Å². The van der Waals surface area contributed by atoms with E-state index < -0.39 is 0 Å². The molecule has 4 heteroatoms. The number of hydrogen-bond donors (Lipinski definition) is 2. The second-order valence-corrected chi connectivity index (χ2v) is 3.56. The van der Waals surface area contributed by atoms with Gasteiger partial charge in [-0.05, 0) is 32.0 Å². The summed E-state index contributed by atoms with van der Waals surface area (Å²) in [6, 6.07) is 7.25. The standard InChI is InChI=1S/C12H17N3O/c1-3-16-9(2)8-15-12-6-10(7-13)4-5-11(12)14/h4-6,9,15H,3,8,14H2,1-2H3. The molecule has 0 aliphatic carbocycles. The van der Waals surface area contributed by atoms with Gasteiger partial charge in [0.1, 0.15) is 0 Å². The number of hydrogen-bond acceptors (Lipinski definition) is 4. The smallest absolute Gasteiger partial charge is 0.0992 e. The molecule has 0 aromatic heterocycles. The lowest BCUT2D eigenvalue weighted by atomic mass is 10.2. The van der Waals surface area contributed by atoms with Gasteiger partial charge in [0.05, 0.1) is 29.1 Å². The lowest BCUT2D eigenvalue weighted by Gasteiger charge is -2.14. The fourth-order valence-electron chi connectivity index (χ4n) is 1.38. The summed E-state index contributed by atoms with van der Waals surface area (Å²) in [7, 11) is 0. The van der Waals surface area contributed by atoms with Crippen LogP contribution in [0.2, 0.25) is 0 Å². The monoisotopic (exact) mass is 219 g/mol. The van der Waals surface area contributed by atoms with Gasteiger partial charge in [0.25, 0.3) is 0 Å². The number of anilines is 2. The Morgan fingerprint density at radius 3 is 2.94 bits per heavy atom. The van der Waals surface area contributed by atoms with Gasteiger partial charge in [0, 0.05) is 13.2 Å². The van der Waals surface area contributed by atoms with Crippen LogP contribution in [0, 0.1) is 11.3 Å². The highest BCUT2D eigenvalue weighted by Gasteiger charge is 2.04. The molecule has 1 aromatic carbocycles. The molecule has 0 aliphatic rings. The second-order valence-electron chi connectivity index (χ2n) is 3.56. The van der Waals surface area contributed by atoms with E-state index in [1.165, 1.54) is 0 Å². The summed E-state index contributed by atoms with van der Waals surface area (Å²) < 4.78 is 5.39. The predicted molar refractivity (Wildman–Crippen MR) is 65.1 cm³/mol. The van der Waals surface area contributed by atoms with Crippen molar-refractivity contribution in [1.29, 1.82) is 5.26 Å². The molecule has 4 nitrogen and oxygen atoms in total. The van der Waals surface area contributed by atoms with Crippen molar-refractivity contribution in [2.24, 2.45) is 0 Å². The number of ether oxygens (including phenoxy) is 1. The van der Waals surface area contributed by atoms with Crippen LogP contribution in [-0.2, 0) is 4.74 Å². The SMILES string of the molecule is CCOC(C)CNc1cc(C#N)ccc1N. The van der Waals surface area contributed by atoms with Crippen LogP contribution < -0.4 is 11.1 Å². The van der Waals surface area contributed by atoms with E-state index in [0.29, 0.717) is 24.4 Å². The van der Waals surface area contributed by atoms with Crippen LogP contribution in [-0.4, -0.2) is 19.3 Å². The van der Waals surface area contributed by atoms with Crippen molar-refractivity contribution in [2.75, 3.05) is 24.2 Å². The minimum Gasteiger partial charge on any atom is -0.397 e. The molecule has 0 bridgehead atoms. The van der Waals surface area contributed by atoms with Gasteiger partial charge in [-0.1, -0.05) is 0 Å². The lowest BCUT2D eigenvalue weighted by Crippen LogP contribution is -2.20. The third kappa shape index (κ3) is 3.44. The Morgan fingerprint density at radius 2 is 2.31 bits per heavy atom. The summed E-state index contributed by atoms with van der Waals surface area (Å²) >= 11 is 0. The number of nitriles is 1. The van der Waals surface area contributed by atoms with Crippen LogP contribution in [0.25, 0.3) is 0 Å². The van der Waals surface area contributed by atoms with Gasteiger partial charge in [0.15, 0.2) is 0 Å². The number of nitrogens with zero attached hydrogens (tertiary/aromatic N) is 1. The molecular weight excluding hydrogens is 202 g/mol. The summed E-state index contributed by atoms with van der Waals surface area (Å²) in [5.41, 5.74) is 7.81. The van der Waals surface area contributed by atoms with Crippen molar-refractivity contribution < 1.29 is 4.74 Å². The number of nitrogens with two attached hydrogens (primary N) is 1. The molecule has 0 aliphatic heterocycles. The zero-order valence-electron chi connectivity index (χ0n) is 9.66. The van der Waals surface area contributed by atoms with E-state index in [4.69, 9.17) is 15.7 Å². The summed E-state index contributed by atoms with van der Waals surface area (Å²) in [6.07, 6.45) is 0.121. The zero-order valence-corrected chi connectivity index (χ0v) is 9.66. The quantitative estimate of drug-likeness (QED) is 0.743. The number of nitrogens with one attached hydrogen (secondary N) is 1. The van der Waals surface area contributed by atoms with Crippen LogP contribution in [0.4, 0.5) is 11.4 Å². The van der Waals surface area contributed by atoms with Gasteiger partial charge in [-0.25, -0.2) is 0 Å². The Hall–Kier alpha value is -1.73. The summed E-state index contributed by atoms with van der Waals surface area (Å²) in [4.78, 5) is 0. The van der Waals surface area contributed by atoms with E-state index in [9.17, 15) is 0 Å². The molecule has 1 rings (SSSR count). The van der Waals surface area contributed by atoms with E-state index in [0.717, 1.165) is 5.69 Å². The summed E-state index contributed by atoms with van der Waals surface area (Å²) in [5, 5.41) is 11.9. The first kappa shape index (κ1) is 12.3. The van der Waals surface area contributed by atoms with Crippen LogP contribution in [0.3, 0.4) is 0 Å². The fraction of sp³-hybridized carbons (Fsp3) is 0.417. The van der Waals surface area contributed by atoms with Crippen molar-refractivity contribution in [3.63, 3.8) is 0 Å². The molecule has 0 radical (unpaired) electrons. The van der Waals surface area contributed by atoms with Crippen LogP contribution in [0.1, 0.15) is 19.4 Å². The normalized spacial score (nSPS) is 11.8. The van der Waals surface area contributed by atoms with Crippen molar-refractivity contribution in [1.82, 2.24) is 0 Å². The molecule has 86 valence electrons. The number of nitrogen functional groups attached to an aromatic ring is 1. The minimum atomic E-state index is 0.121. The fourth-order valence-corrected chi connectivity index (χ4v) is 1.38. The highest BCUT2D eigenvalue weighted by molar-refractivity contribution is 5.68. The first-order chi connectivity index (χ1) is 7.67. The molecule has 0 spiro atoms. The molecule has 3 N–H and O–H groups in total. The summed E-state index contributed by atoms with van der Waals surface area (Å²) in [5.74, 6) is 0. The van der Waals surface area contributed by atoms with E-state index in [1.54, 1.807) is 18.2 Å². The van der Waals surface area contributed by atoms with Crippen molar-refractivity contribution in [2.45, 2.75) is 20.0 Å². The molecule has 0 amide bonds. The van der Waals surface area contributed by atoms with Gasteiger partial charge in [0.2, 0.25) is 0 Å². The van der Waals surface area contributed by atoms with Gasteiger partial charge >= 0.3 is 0 Å². The molecule has 0 heterocycles. The van der Waals surface area contributed by atoms with Crippen LogP contribution in [0.5, 0.6) is 0 Å². The summed E-state index contributed by atoms with van der Waals surface area (Å²) in [6.45, 7) is 5.31. The Morgan fingerprint density at radius 1 is 1.56 bits per heavy atom. The molecule has 1 unspecified atom stereocenters. The average Bonchev–Trinajstić information content (AvgIpc) is 2.28. The lowest BCUT2D eigenvalue weighted by molar-refractivity contribution is 0.0855. The number of benzene rings is 1. The third-order valence-electron chi connectivity index (χ3n) is 2.21. The Bertz CT molecular complexity index is 384. The Labute approximate surface area is 96.0 Å². The first-order valence-corrected chi connectivity index (χ1v) is 5.32. The maximum absolute atomic E-state index is 8.77. The van der Waals surface area contributed by atoms with Crippen molar-refractivity contribution in [3.05, 3.63) is 23.8 Å². The zero-order chi connectivity index (χ0) is 12.0. The Balaban J connectivity index is 2.63. The second kappa shape index (κ2) is 5.99. The molecule has 0 fully saturated rings. The first-order valence-electron chi connectivity index (χ1n) is 5.32. The molecule has 16 heavy (non-hydrogen) atoms. The van der Waals surface area contributed by atoms with Crippen molar-refractivity contribution in [3.8, 4) is 6.07 Å². The highest BCUT2D eigenvalue weighted by Crippen LogP contribution is 2.19. The average molecular weight is 219 g/mol. The molecule has 1 aromatic rings. The highest BCUT2D eigenvalue weighted by atomic mass is 16.5. The largest absolute Gasteiger partial charge is 0.397 e. The van der Waals surface area contributed by atoms with Gasteiger partial charge < -0.3 is 15.8 Å². The third-order valence-corrected chi connectivity index (χ3v) is 2.21. The topological polar surface area (TPSA) is 71.1 Å². The maximum atomic E-state index is 8.77. The minimum absolute atomic E-state index is 0.121. The van der Waals surface area contributed by atoms with Crippen LogP contribution in [0.15, 0.2) is 18.2 Å². The van der Waals surface area contributed by atoms with E-state index in [-0.39, 0.29) is 6.10 Å². The van der Waals surface area contributed by atoms with Crippen LogP contribution >= 0.6 is 0 Å². The van der Waals surface area contributed by atoms with Gasteiger partial charge in [-0.3, -0.25) is 0 Å².